The van der Waals surface area contributed by atoms with Gasteiger partial charge in [-0.15, -0.1) is 0 Å². The first-order chi connectivity index (χ1) is 7.98. The van der Waals surface area contributed by atoms with Crippen molar-refractivity contribution in [3.8, 4) is 5.75 Å². The van der Waals surface area contributed by atoms with E-state index in [1.165, 1.54) is 19.2 Å². The lowest BCUT2D eigenvalue weighted by Gasteiger charge is -2.09. The van der Waals surface area contributed by atoms with Crippen molar-refractivity contribution in [2.75, 3.05) is 31.2 Å². The highest BCUT2D eigenvalue weighted by Gasteiger charge is 2.13. The number of nitrogens with one attached hydrogen (secondary N) is 2. The molecule has 0 aromatic heterocycles. The minimum Gasteiger partial charge on any atom is -0.497 e. The molecule has 0 fully saturated rings. The van der Waals surface area contributed by atoms with Gasteiger partial charge < -0.3 is 10.1 Å². The van der Waals surface area contributed by atoms with Gasteiger partial charge in [0.2, 0.25) is 10.0 Å². The summed E-state index contributed by atoms with van der Waals surface area (Å²) in [5, 5.41) is 2.71. The van der Waals surface area contributed by atoms with E-state index in [-0.39, 0.29) is 11.4 Å². The number of benzene rings is 1. The van der Waals surface area contributed by atoms with Crippen LogP contribution in [0.3, 0.4) is 0 Å². The summed E-state index contributed by atoms with van der Waals surface area (Å²) >= 11 is 0. The molecule has 0 aliphatic carbocycles. The molecule has 0 saturated heterocycles. The Bertz CT molecular complexity index is 476. The fourth-order valence-electron chi connectivity index (χ4n) is 1.16. The van der Waals surface area contributed by atoms with E-state index in [0.29, 0.717) is 12.3 Å². The minimum atomic E-state index is -3.55. The highest BCUT2D eigenvalue weighted by atomic mass is 32.2. The van der Waals surface area contributed by atoms with Gasteiger partial charge in [0.25, 0.3) is 0 Å². The number of rotatable bonds is 6. The lowest BCUT2D eigenvalue weighted by atomic mass is 10.3. The number of ether oxygens (including phenoxy) is 1. The van der Waals surface area contributed by atoms with Crippen LogP contribution < -0.4 is 14.8 Å². The Morgan fingerprint density at radius 2 is 2.12 bits per heavy atom. The maximum absolute atomic E-state index is 13.4. The largest absolute Gasteiger partial charge is 0.497 e. The second kappa shape index (κ2) is 5.83. The van der Waals surface area contributed by atoms with Gasteiger partial charge in [-0.1, -0.05) is 0 Å². The van der Waals surface area contributed by atoms with Crippen LogP contribution in [0.15, 0.2) is 18.2 Å². The summed E-state index contributed by atoms with van der Waals surface area (Å²) in [6.07, 6.45) is 0. The second-order valence-corrected chi connectivity index (χ2v) is 5.21. The first-order valence-electron chi connectivity index (χ1n) is 4.97. The third kappa shape index (κ3) is 4.20. The Kier molecular flexibility index (Phi) is 4.71. The van der Waals surface area contributed by atoms with Gasteiger partial charge in [-0.2, -0.15) is 0 Å². The van der Waals surface area contributed by atoms with Crippen molar-refractivity contribution in [2.45, 2.75) is 0 Å². The van der Waals surface area contributed by atoms with Crippen molar-refractivity contribution in [1.29, 1.82) is 0 Å². The Morgan fingerprint density at radius 1 is 1.41 bits per heavy atom. The lowest BCUT2D eigenvalue weighted by Crippen LogP contribution is -2.24. The van der Waals surface area contributed by atoms with Crippen LogP contribution >= 0.6 is 0 Å². The van der Waals surface area contributed by atoms with Crippen molar-refractivity contribution >= 4 is 15.7 Å². The minimum absolute atomic E-state index is 0.111. The van der Waals surface area contributed by atoms with E-state index in [4.69, 9.17) is 4.74 Å². The summed E-state index contributed by atoms with van der Waals surface area (Å²) in [6, 6.07) is 3.86. The molecule has 0 saturated carbocycles. The van der Waals surface area contributed by atoms with Crippen molar-refractivity contribution < 1.29 is 17.5 Å². The number of halogens is 1. The third-order valence-corrected chi connectivity index (χ3v) is 3.33. The van der Waals surface area contributed by atoms with Crippen molar-refractivity contribution in [2.24, 2.45) is 0 Å². The first-order valence-corrected chi connectivity index (χ1v) is 6.62. The molecular formula is C10H15FN2O3S. The van der Waals surface area contributed by atoms with E-state index in [2.05, 4.69) is 10.0 Å². The SMILES string of the molecule is CNCCS(=O)(=O)Nc1cc(OC)ccc1F. The van der Waals surface area contributed by atoms with Gasteiger partial charge in [0.1, 0.15) is 11.6 Å². The number of hydrogen-bond donors (Lipinski definition) is 2. The zero-order valence-corrected chi connectivity index (χ0v) is 10.5. The van der Waals surface area contributed by atoms with Crippen LogP contribution in [0.1, 0.15) is 0 Å². The Morgan fingerprint density at radius 3 is 2.71 bits per heavy atom. The average Bonchev–Trinajstić information content (AvgIpc) is 2.29. The fraction of sp³-hybridized carbons (Fsp3) is 0.400. The second-order valence-electron chi connectivity index (χ2n) is 3.37. The molecule has 0 bridgehead atoms. The van der Waals surface area contributed by atoms with Gasteiger partial charge in [-0.3, -0.25) is 4.72 Å². The molecule has 96 valence electrons. The summed E-state index contributed by atoms with van der Waals surface area (Å²) in [7, 11) is -0.489. The summed E-state index contributed by atoms with van der Waals surface area (Å²) in [4.78, 5) is 0. The van der Waals surface area contributed by atoms with Gasteiger partial charge in [0, 0.05) is 12.6 Å². The smallest absolute Gasteiger partial charge is 0.234 e. The Hall–Kier alpha value is -1.34. The van der Waals surface area contributed by atoms with E-state index in [9.17, 15) is 12.8 Å². The van der Waals surface area contributed by atoms with Crippen molar-refractivity contribution in [3.05, 3.63) is 24.0 Å². The van der Waals surface area contributed by atoms with Gasteiger partial charge in [-0.25, -0.2) is 12.8 Å². The van der Waals surface area contributed by atoms with Crippen LogP contribution in [-0.4, -0.2) is 34.9 Å². The molecule has 0 atom stereocenters. The van der Waals surface area contributed by atoms with Crippen LogP contribution in [-0.2, 0) is 10.0 Å². The zero-order valence-electron chi connectivity index (χ0n) is 9.66. The zero-order chi connectivity index (χ0) is 12.9. The molecule has 0 aliphatic heterocycles. The highest BCUT2D eigenvalue weighted by molar-refractivity contribution is 7.92. The molecule has 7 heteroatoms. The van der Waals surface area contributed by atoms with Gasteiger partial charge in [0.15, 0.2) is 0 Å². The predicted molar refractivity (Wildman–Crippen MR) is 64.3 cm³/mol. The van der Waals surface area contributed by atoms with Gasteiger partial charge in [-0.05, 0) is 19.2 Å². The van der Waals surface area contributed by atoms with E-state index in [1.54, 1.807) is 7.05 Å². The summed E-state index contributed by atoms with van der Waals surface area (Å²) in [5.74, 6) is -0.378. The molecule has 0 heterocycles. The molecule has 0 amide bonds. The molecule has 1 aromatic carbocycles. The maximum atomic E-state index is 13.4. The average molecular weight is 262 g/mol. The summed E-state index contributed by atoms with van der Waals surface area (Å²) in [5.41, 5.74) is -0.111. The quantitative estimate of drug-likeness (QED) is 0.795. The highest BCUT2D eigenvalue weighted by Crippen LogP contribution is 2.21. The molecule has 0 spiro atoms. The van der Waals surface area contributed by atoms with Gasteiger partial charge in [0.05, 0.1) is 18.6 Å². The van der Waals surface area contributed by atoms with Crippen LogP contribution in [0.4, 0.5) is 10.1 Å². The lowest BCUT2D eigenvalue weighted by molar-refractivity contribution is 0.414. The normalized spacial score (nSPS) is 11.2. The van der Waals surface area contributed by atoms with Gasteiger partial charge >= 0.3 is 0 Å². The Balaban J connectivity index is 2.87. The molecule has 0 unspecified atom stereocenters. The van der Waals surface area contributed by atoms with Crippen LogP contribution in [0.2, 0.25) is 0 Å². The molecule has 0 radical (unpaired) electrons. The summed E-state index contributed by atoms with van der Waals surface area (Å²) in [6.45, 7) is 0.293. The topological polar surface area (TPSA) is 67.4 Å². The fourth-order valence-corrected chi connectivity index (χ4v) is 2.23. The standard InChI is InChI=1S/C10H15FN2O3S/c1-12-5-6-17(14,15)13-10-7-8(16-2)3-4-9(10)11/h3-4,7,12-13H,5-6H2,1-2H3. The molecule has 2 N–H and O–H groups in total. The summed E-state index contributed by atoms with van der Waals surface area (Å²) < 4.78 is 43.5. The number of hydrogen-bond acceptors (Lipinski definition) is 4. The first kappa shape index (κ1) is 13.7. The third-order valence-electron chi connectivity index (χ3n) is 2.06. The van der Waals surface area contributed by atoms with E-state index < -0.39 is 15.8 Å². The van der Waals surface area contributed by atoms with E-state index in [0.717, 1.165) is 6.07 Å². The predicted octanol–water partition coefficient (Wildman–Crippen LogP) is 0.795. The van der Waals surface area contributed by atoms with Crippen LogP contribution in [0, 0.1) is 5.82 Å². The number of sulfonamides is 1. The van der Waals surface area contributed by atoms with Crippen LogP contribution in [0.25, 0.3) is 0 Å². The molecule has 5 nitrogen and oxygen atoms in total. The van der Waals surface area contributed by atoms with Crippen LogP contribution in [0.5, 0.6) is 5.75 Å². The Labute approximate surface area is 100 Å². The number of anilines is 1. The number of methoxy groups -OCH3 is 1. The molecule has 1 rings (SSSR count). The molecule has 1 aromatic rings. The monoisotopic (exact) mass is 262 g/mol. The van der Waals surface area contributed by atoms with E-state index in [1.807, 2.05) is 0 Å². The molecular weight excluding hydrogens is 247 g/mol. The van der Waals surface area contributed by atoms with Crippen molar-refractivity contribution in [3.63, 3.8) is 0 Å². The molecule has 0 aliphatic rings. The molecule has 17 heavy (non-hydrogen) atoms. The van der Waals surface area contributed by atoms with E-state index >= 15 is 0 Å². The van der Waals surface area contributed by atoms with Crippen molar-refractivity contribution in [1.82, 2.24) is 5.32 Å². The maximum Gasteiger partial charge on any atom is 0.234 e.